The topological polar surface area (TPSA) is 123 Å². The minimum absolute atomic E-state index is 0.173. The molecule has 1 aromatic carbocycles. The molecule has 1 aliphatic carbocycles. The predicted molar refractivity (Wildman–Crippen MR) is 134 cm³/mol. The lowest BCUT2D eigenvalue weighted by Crippen LogP contribution is -2.55. The van der Waals surface area contributed by atoms with E-state index in [0.717, 1.165) is 0 Å². The quantitative estimate of drug-likeness (QED) is 0.363. The van der Waals surface area contributed by atoms with Gasteiger partial charge in [0.25, 0.3) is 5.91 Å². The molecule has 3 N–H and O–H groups in total. The lowest BCUT2D eigenvalue weighted by atomic mass is 9.65. The Balaban J connectivity index is 1.43. The van der Waals surface area contributed by atoms with Gasteiger partial charge < -0.3 is 19.9 Å². The smallest absolute Gasteiger partial charge is 0.402 e. The highest BCUT2D eigenvalue weighted by atomic mass is 35.5. The van der Waals surface area contributed by atoms with Gasteiger partial charge in [-0.3, -0.25) is 24.5 Å². The van der Waals surface area contributed by atoms with Gasteiger partial charge in [0.05, 0.1) is 46.1 Å². The van der Waals surface area contributed by atoms with Crippen molar-refractivity contribution in [2.75, 3.05) is 6.54 Å². The van der Waals surface area contributed by atoms with E-state index < -0.39 is 47.9 Å². The molecule has 4 rings (SSSR count). The number of fused-ring (bicyclic) bond motifs is 2. The predicted octanol–water partition coefficient (Wildman–Crippen LogP) is 2.53. The van der Waals surface area contributed by atoms with E-state index in [9.17, 15) is 19.2 Å². The molecule has 36 heavy (non-hydrogen) atoms. The lowest BCUT2D eigenvalue weighted by Gasteiger charge is -2.46. The number of halogens is 2. The van der Waals surface area contributed by atoms with E-state index >= 15 is 0 Å². The molecule has 5 atom stereocenters. The summed E-state index contributed by atoms with van der Waals surface area (Å²) in [6.07, 6.45) is 1.25. The second-order valence-corrected chi connectivity index (χ2v) is 11.5. The first kappa shape index (κ1) is 26.9. The van der Waals surface area contributed by atoms with E-state index in [0.29, 0.717) is 24.3 Å². The molecule has 0 radical (unpaired) electrons. The van der Waals surface area contributed by atoms with E-state index in [1.165, 1.54) is 12.1 Å². The third kappa shape index (κ3) is 5.14. The average Bonchev–Trinajstić information content (AvgIpc) is 3.21. The van der Waals surface area contributed by atoms with Crippen LogP contribution in [-0.2, 0) is 23.7 Å². The number of rotatable bonds is 7. The van der Waals surface area contributed by atoms with E-state index in [2.05, 4.69) is 16.0 Å². The van der Waals surface area contributed by atoms with Crippen LogP contribution in [0.25, 0.3) is 0 Å². The summed E-state index contributed by atoms with van der Waals surface area (Å²) in [6.45, 7) is 7.53. The highest BCUT2D eigenvalue weighted by Gasteiger charge is 2.66. The van der Waals surface area contributed by atoms with Crippen molar-refractivity contribution in [3.05, 3.63) is 33.8 Å². The number of hydrogen-bond acceptors (Lipinski definition) is 6. The molecule has 2 aliphatic heterocycles. The number of imide groups is 1. The van der Waals surface area contributed by atoms with Gasteiger partial charge in [0.2, 0.25) is 17.7 Å². The molecule has 3 fully saturated rings. The van der Waals surface area contributed by atoms with E-state index in [-0.39, 0.29) is 34.9 Å². The van der Waals surface area contributed by atoms with Crippen molar-refractivity contribution in [1.82, 2.24) is 16.0 Å². The van der Waals surface area contributed by atoms with Crippen molar-refractivity contribution in [1.29, 1.82) is 0 Å². The molecule has 3 aliphatic rings. The van der Waals surface area contributed by atoms with Crippen molar-refractivity contribution in [3.8, 4) is 0 Å². The average molecular weight is 538 g/mol. The Kier molecular flexibility index (Phi) is 7.45. The molecule has 4 unspecified atom stereocenters. The van der Waals surface area contributed by atoms with Gasteiger partial charge in [-0.2, -0.15) is 0 Å². The molecule has 4 amide bonds. The van der Waals surface area contributed by atoms with Crippen LogP contribution in [0.1, 0.15) is 57.3 Å². The van der Waals surface area contributed by atoms with Crippen LogP contribution in [-0.4, -0.2) is 54.4 Å². The fourth-order valence-corrected chi connectivity index (χ4v) is 5.77. The Labute approximate surface area is 220 Å². The third-order valence-corrected chi connectivity index (χ3v) is 8.04. The summed E-state index contributed by atoms with van der Waals surface area (Å²) in [5.41, 5.74) is -1.44. The van der Waals surface area contributed by atoms with Gasteiger partial charge in [-0.05, 0) is 57.2 Å². The van der Waals surface area contributed by atoms with Gasteiger partial charge >= 0.3 is 7.12 Å². The Bertz CT molecular complexity index is 1070. The zero-order valence-electron chi connectivity index (χ0n) is 20.7. The summed E-state index contributed by atoms with van der Waals surface area (Å²) in [5, 5.41) is 8.48. The first-order chi connectivity index (χ1) is 16.8. The molecule has 9 nitrogen and oxygen atoms in total. The van der Waals surface area contributed by atoms with Crippen LogP contribution in [0.5, 0.6) is 0 Å². The zero-order chi connectivity index (χ0) is 26.4. The van der Waals surface area contributed by atoms with Crippen molar-refractivity contribution in [2.24, 2.45) is 17.8 Å². The monoisotopic (exact) mass is 537 g/mol. The summed E-state index contributed by atoms with van der Waals surface area (Å²) in [7, 11) is -0.776. The highest BCUT2D eigenvalue weighted by molar-refractivity contribution is 6.48. The molecular weight excluding hydrogens is 508 g/mol. The highest BCUT2D eigenvalue weighted by Crippen LogP contribution is 2.53. The summed E-state index contributed by atoms with van der Waals surface area (Å²) in [4.78, 5) is 49.9. The van der Waals surface area contributed by atoms with Crippen LogP contribution in [0.4, 0.5) is 0 Å². The van der Waals surface area contributed by atoms with Gasteiger partial charge in [-0.1, -0.05) is 37.0 Å². The largest absolute Gasteiger partial charge is 0.481 e. The van der Waals surface area contributed by atoms with Gasteiger partial charge in [-0.25, -0.2) is 0 Å². The SMILES string of the molecule is CC(C)C[C@H](NC(=O)CNC(=O)c1cc(Cl)ccc1Cl)B1OC2(C)CC3C(=O)NC(=O)C3CC2(C)O1. The molecular formula is C24H30BCl2N3O6. The van der Waals surface area contributed by atoms with Crippen molar-refractivity contribution in [2.45, 2.75) is 64.1 Å². The molecule has 1 saturated carbocycles. The van der Waals surface area contributed by atoms with E-state index in [1.54, 1.807) is 6.07 Å². The molecule has 194 valence electrons. The Morgan fingerprint density at radius 2 is 1.69 bits per heavy atom. The number of hydrogen-bond donors (Lipinski definition) is 3. The first-order valence-electron chi connectivity index (χ1n) is 12.0. The number of nitrogens with one attached hydrogen (secondary N) is 3. The number of benzene rings is 1. The molecule has 0 spiro atoms. The minimum Gasteiger partial charge on any atom is -0.402 e. The summed E-state index contributed by atoms with van der Waals surface area (Å²) < 4.78 is 12.8. The fourth-order valence-electron chi connectivity index (χ4n) is 5.39. The third-order valence-electron chi connectivity index (χ3n) is 7.48. The maximum atomic E-state index is 12.8. The number of carbonyl (C=O) groups is 4. The maximum absolute atomic E-state index is 12.8. The summed E-state index contributed by atoms with van der Waals surface area (Å²) in [5.74, 6) is -2.70. The molecule has 2 saturated heterocycles. The van der Waals surface area contributed by atoms with Crippen LogP contribution in [0.2, 0.25) is 10.0 Å². The second-order valence-electron chi connectivity index (χ2n) is 10.7. The van der Waals surface area contributed by atoms with E-state index in [4.69, 9.17) is 32.5 Å². The van der Waals surface area contributed by atoms with Crippen molar-refractivity contribution >= 4 is 53.9 Å². The molecule has 0 aromatic heterocycles. The lowest BCUT2D eigenvalue weighted by molar-refractivity contribution is -0.135. The van der Waals surface area contributed by atoms with Gasteiger partial charge in [0.1, 0.15) is 0 Å². The zero-order valence-corrected chi connectivity index (χ0v) is 22.2. The Morgan fingerprint density at radius 1 is 1.11 bits per heavy atom. The Morgan fingerprint density at radius 3 is 2.25 bits per heavy atom. The minimum atomic E-state index is -0.807. The van der Waals surface area contributed by atoms with Crippen LogP contribution in [0.15, 0.2) is 18.2 Å². The van der Waals surface area contributed by atoms with Gasteiger partial charge in [-0.15, -0.1) is 0 Å². The summed E-state index contributed by atoms with van der Waals surface area (Å²) >= 11 is 12.0. The number of amides is 4. The van der Waals surface area contributed by atoms with Gasteiger partial charge in [0, 0.05) is 5.02 Å². The van der Waals surface area contributed by atoms with Crippen molar-refractivity contribution < 1.29 is 28.5 Å². The molecule has 2 heterocycles. The molecule has 0 bridgehead atoms. The van der Waals surface area contributed by atoms with E-state index in [1.807, 2.05) is 27.7 Å². The first-order valence-corrected chi connectivity index (χ1v) is 12.8. The van der Waals surface area contributed by atoms with Crippen LogP contribution >= 0.6 is 23.2 Å². The second kappa shape index (κ2) is 9.97. The van der Waals surface area contributed by atoms with Crippen LogP contribution < -0.4 is 16.0 Å². The number of carbonyl (C=O) groups excluding carboxylic acids is 4. The fraction of sp³-hybridized carbons (Fsp3) is 0.583. The standard InChI is InChI=1S/C24H30BCl2N3O6/c1-12(2)7-18(29-19(31)11-28-20(32)14-8-13(26)5-6-17(14)27)25-35-23(3)9-15-16(10-24(23,4)36-25)22(34)30-21(15)33/h5-6,8,12,15-16,18H,7,9-11H2,1-4H3,(H,28,32)(H,29,31)(H,30,33,34)/t15?,16?,18-,23?,24?/m0/s1. The molecule has 12 heteroatoms. The molecule has 1 aromatic rings. The summed E-state index contributed by atoms with van der Waals surface area (Å²) in [6, 6.07) is 4.51. The normalized spacial score (nSPS) is 30.0. The van der Waals surface area contributed by atoms with Crippen LogP contribution in [0.3, 0.4) is 0 Å². The maximum Gasteiger partial charge on any atom is 0.481 e. The van der Waals surface area contributed by atoms with Gasteiger partial charge in [0.15, 0.2) is 0 Å². The van der Waals surface area contributed by atoms with Crippen LogP contribution in [0, 0.1) is 17.8 Å². The van der Waals surface area contributed by atoms with Crippen molar-refractivity contribution in [3.63, 3.8) is 0 Å². The Hall–Kier alpha value is -2.14.